The van der Waals surface area contributed by atoms with Crippen LogP contribution in [0.5, 0.6) is 5.75 Å². The second kappa shape index (κ2) is 6.39. The maximum absolute atomic E-state index is 13.9. The Balaban J connectivity index is 1.98. The molecule has 2 rings (SSSR count). The molecule has 6 nitrogen and oxygen atoms in total. The summed E-state index contributed by atoms with van der Waals surface area (Å²) >= 11 is 0. The van der Waals surface area contributed by atoms with Gasteiger partial charge in [-0.25, -0.2) is 4.39 Å². The lowest BCUT2D eigenvalue weighted by Crippen LogP contribution is -2.25. The SMILES string of the molecule is COc1cc(CNCc2nnn(C(C)(C)C)n2)c(F)cc1C. The summed E-state index contributed by atoms with van der Waals surface area (Å²) in [5.41, 5.74) is 1.12. The Morgan fingerprint density at radius 1 is 1.27 bits per heavy atom. The Hall–Kier alpha value is -2.02. The summed E-state index contributed by atoms with van der Waals surface area (Å²) in [6.07, 6.45) is 0. The first-order valence-corrected chi connectivity index (χ1v) is 7.14. The van der Waals surface area contributed by atoms with Crippen LogP contribution in [-0.4, -0.2) is 27.3 Å². The highest BCUT2D eigenvalue weighted by atomic mass is 19.1. The summed E-state index contributed by atoms with van der Waals surface area (Å²) in [4.78, 5) is 1.57. The molecule has 0 amide bonds. The maximum atomic E-state index is 13.9. The zero-order valence-electron chi connectivity index (χ0n) is 13.6. The van der Waals surface area contributed by atoms with Crippen LogP contribution in [0.15, 0.2) is 12.1 Å². The molecule has 22 heavy (non-hydrogen) atoms. The van der Waals surface area contributed by atoms with E-state index in [1.165, 1.54) is 6.07 Å². The van der Waals surface area contributed by atoms with Crippen molar-refractivity contribution in [2.45, 2.75) is 46.3 Å². The minimum absolute atomic E-state index is 0.207. The van der Waals surface area contributed by atoms with E-state index in [0.717, 1.165) is 5.56 Å². The molecule has 0 fully saturated rings. The number of aryl methyl sites for hydroxylation is 1. The highest BCUT2D eigenvalue weighted by Gasteiger charge is 2.16. The van der Waals surface area contributed by atoms with Crippen molar-refractivity contribution in [3.8, 4) is 5.75 Å². The predicted octanol–water partition coefficient (Wildman–Crippen LogP) is 2.17. The van der Waals surface area contributed by atoms with Gasteiger partial charge in [0, 0.05) is 12.1 Å². The first-order valence-electron chi connectivity index (χ1n) is 7.14. The van der Waals surface area contributed by atoms with E-state index < -0.39 is 0 Å². The number of nitrogens with zero attached hydrogens (tertiary/aromatic N) is 4. The minimum atomic E-state index is -0.253. The number of ether oxygens (including phenoxy) is 1. The van der Waals surface area contributed by atoms with Crippen LogP contribution in [-0.2, 0) is 18.6 Å². The molecule has 1 N–H and O–H groups in total. The van der Waals surface area contributed by atoms with Gasteiger partial charge in [0.2, 0.25) is 0 Å². The van der Waals surface area contributed by atoms with E-state index in [-0.39, 0.29) is 11.4 Å². The molecule has 1 heterocycles. The van der Waals surface area contributed by atoms with Gasteiger partial charge < -0.3 is 10.1 Å². The van der Waals surface area contributed by atoms with Crippen molar-refractivity contribution in [2.75, 3.05) is 7.11 Å². The van der Waals surface area contributed by atoms with Crippen LogP contribution < -0.4 is 10.1 Å². The first kappa shape index (κ1) is 16.4. The van der Waals surface area contributed by atoms with Gasteiger partial charge in [-0.15, -0.1) is 10.2 Å². The Morgan fingerprint density at radius 2 is 2.00 bits per heavy atom. The van der Waals surface area contributed by atoms with E-state index >= 15 is 0 Å². The average molecular weight is 307 g/mol. The quantitative estimate of drug-likeness (QED) is 0.917. The third-order valence-corrected chi connectivity index (χ3v) is 3.22. The summed E-state index contributed by atoms with van der Waals surface area (Å²) < 4.78 is 19.1. The normalized spacial score (nSPS) is 11.7. The van der Waals surface area contributed by atoms with Crippen molar-refractivity contribution in [2.24, 2.45) is 0 Å². The summed E-state index contributed by atoms with van der Waals surface area (Å²) in [7, 11) is 1.58. The fraction of sp³-hybridized carbons (Fsp3) is 0.533. The van der Waals surface area contributed by atoms with Crippen molar-refractivity contribution in [1.82, 2.24) is 25.5 Å². The van der Waals surface area contributed by atoms with Gasteiger partial charge in [0.25, 0.3) is 0 Å². The second-order valence-corrected chi connectivity index (χ2v) is 6.18. The van der Waals surface area contributed by atoms with Gasteiger partial charge in [0.15, 0.2) is 5.82 Å². The average Bonchev–Trinajstić information content (AvgIpc) is 2.90. The smallest absolute Gasteiger partial charge is 0.188 e. The number of aromatic nitrogens is 4. The molecule has 1 aromatic heterocycles. The van der Waals surface area contributed by atoms with Crippen LogP contribution in [0.4, 0.5) is 4.39 Å². The Bertz CT molecular complexity index is 648. The number of halogens is 1. The molecular weight excluding hydrogens is 285 g/mol. The lowest BCUT2D eigenvalue weighted by Gasteiger charge is -2.15. The lowest BCUT2D eigenvalue weighted by atomic mass is 10.1. The summed E-state index contributed by atoms with van der Waals surface area (Å²) in [5.74, 6) is 1.00. The van der Waals surface area contributed by atoms with Crippen molar-refractivity contribution >= 4 is 0 Å². The van der Waals surface area contributed by atoms with Gasteiger partial charge in [-0.05, 0) is 50.6 Å². The second-order valence-electron chi connectivity index (χ2n) is 6.18. The molecule has 0 bridgehead atoms. The van der Waals surface area contributed by atoms with Crippen molar-refractivity contribution in [3.05, 3.63) is 34.9 Å². The number of nitrogens with one attached hydrogen (secondary N) is 1. The van der Waals surface area contributed by atoms with Crippen LogP contribution in [0.25, 0.3) is 0 Å². The van der Waals surface area contributed by atoms with Crippen molar-refractivity contribution in [1.29, 1.82) is 0 Å². The van der Waals surface area contributed by atoms with Gasteiger partial charge in [0.1, 0.15) is 11.6 Å². The van der Waals surface area contributed by atoms with E-state index in [1.807, 2.05) is 27.7 Å². The lowest BCUT2D eigenvalue weighted by molar-refractivity contribution is 0.305. The molecule has 120 valence electrons. The summed E-state index contributed by atoms with van der Waals surface area (Å²) in [6, 6.07) is 3.18. The Kier molecular flexibility index (Phi) is 4.75. The molecule has 0 aliphatic rings. The topological polar surface area (TPSA) is 64.9 Å². The van der Waals surface area contributed by atoms with Crippen LogP contribution in [0.3, 0.4) is 0 Å². The summed E-state index contributed by atoms with van der Waals surface area (Å²) in [6.45, 7) is 8.60. The zero-order chi connectivity index (χ0) is 16.3. The minimum Gasteiger partial charge on any atom is -0.496 e. The molecule has 0 aliphatic heterocycles. The molecule has 1 aromatic carbocycles. The number of hydrogen-bond donors (Lipinski definition) is 1. The molecule has 0 saturated carbocycles. The van der Waals surface area contributed by atoms with E-state index in [4.69, 9.17) is 4.74 Å². The largest absolute Gasteiger partial charge is 0.496 e. The fourth-order valence-corrected chi connectivity index (χ4v) is 1.96. The number of benzene rings is 1. The fourth-order valence-electron chi connectivity index (χ4n) is 1.96. The van der Waals surface area contributed by atoms with Gasteiger partial charge in [-0.2, -0.15) is 4.80 Å². The third-order valence-electron chi connectivity index (χ3n) is 3.22. The van der Waals surface area contributed by atoms with Gasteiger partial charge in [0.05, 0.1) is 19.2 Å². The zero-order valence-corrected chi connectivity index (χ0v) is 13.6. The van der Waals surface area contributed by atoms with Gasteiger partial charge in [-0.3, -0.25) is 0 Å². The highest BCUT2D eigenvalue weighted by Crippen LogP contribution is 2.22. The van der Waals surface area contributed by atoms with E-state index in [0.29, 0.717) is 30.2 Å². The monoisotopic (exact) mass is 307 g/mol. The molecular formula is C15H22FN5O. The molecule has 0 spiro atoms. The van der Waals surface area contributed by atoms with Crippen LogP contribution in [0, 0.1) is 12.7 Å². The van der Waals surface area contributed by atoms with Crippen molar-refractivity contribution in [3.63, 3.8) is 0 Å². The van der Waals surface area contributed by atoms with E-state index in [9.17, 15) is 4.39 Å². The molecule has 7 heteroatoms. The van der Waals surface area contributed by atoms with Crippen LogP contribution >= 0.6 is 0 Å². The number of rotatable bonds is 5. The van der Waals surface area contributed by atoms with Gasteiger partial charge >= 0.3 is 0 Å². The standard InChI is InChI=1S/C15H22FN5O/c1-10-6-12(16)11(7-13(10)22-5)8-17-9-14-18-20-21(19-14)15(2,3)4/h6-7,17H,8-9H2,1-5H3. The first-order chi connectivity index (χ1) is 10.3. The molecule has 0 radical (unpaired) electrons. The van der Waals surface area contributed by atoms with Crippen LogP contribution in [0.1, 0.15) is 37.7 Å². The molecule has 0 aliphatic carbocycles. The Labute approximate surface area is 129 Å². The van der Waals surface area contributed by atoms with Gasteiger partial charge in [-0.1, -0.05) is 0 Å². The molecule has 2 aromatic rings. The molecule has 0 saturated heterocycles. The third kappa shape index (κ3) is 3.79. The van der Waals surface area contributed by atoms with E-state index in [1.54, 1.807) is 18.0 Å². The summed E-state index contributed by atoms with van der Waals surface area (Å²) in [5, 5.41) is 15.4. The Morgan fingerprint density at radius 3 is 2.59 bits per heavy atom. The predicted molar refractivity (Wildman–Crippen MR) is 81.0 cm³/mol. The highest BCUT2D eigenvalue weighted by molar-refractivity contribution is 5.37. The number of methoxy groups -OCH3 is 1. The number of hydrogen-bond acceptors (Lipinski definition) is 5. The molecule has 0 atom stereocenters. The molecule has 0 unspecified atom stereocenters. The maximum Gasteiger partial charge on any atom is 0.188 e. The number of tetrazole rings is 1. The van der Waals surface area contributed by atoms with Crippen molar-refractivity contribution < 1.29 is 9.13 Å². The van der Waals surface area contributed by atoms with E-state index in [2.05, 4.69) is 20.7 Å². The van der Waals surface area contributed by atoms with Crippen LogP contribution in [0.2, 0.25) is 0 Å².